The molecule has 25 heavy (non-hydrogen) atoms. The van der Waals surface area contributed by atoms with Gasteiger partial charge in [-0.25, -0.2) is 0 Å². The van der Waals surface area contributed by atoms with Crippen molar-refractivity contribution in [3.8, 4) is 11.5 Å². The number of hydrogen-bond acceptors (Lipinski definition) is 6. The summed E-state index contributed by atoms with van der Waals surface area (Å²) in [6, 6.07) is 5.19. The lowest BCUT2D eigenvalue weighted by Crippen LogP contribution is -2.53. The second-order valence-corrected chi connectivity index (χ2v) is 7.05. The summed E-state index contributed by atoms with van der Waals surface area (Å²) < 4.78 is 16.2. The molecule has 3 heterocycles. The standard InChI is InChI=1S/C18H24N2O5/c21-17(14-3-4-15-16(9-14)25-13-24-15)20-7-8-23-12-18(22,11-20)10-19-5-1-2-6-19/h3-4,9,22H,1-2,5-8,10-13H2/t18-/m0/s1. The molecule has 0 aliphatic carbocycles. The summed E-state index contributed by atoms with van der Waals surface area (Å²) >= 11 is 0. The summed E-state index contributed by atoms with van der Waals surface area (Å²) in [5.74, 6) is 1.12. The van der Waals surface area contributed by atoms with Gasteiger partial charge in [0.2, 0.25) is 6.79 Å². The number of aliphatic hydroxyl groups is 1. The van der Waals surface area contributed by atoms with Crippen molar-refractivity contribution in [2.45, 2.75) is 18.4 Å². The Morgan fingerprint density at radius 3 is 2.80 bits per heavy atom. The lowest BCUT2D eigenvalue weighted by atomic mass is 10.0. The molecule has 1 aromatic carbocycles. The van der Waals surface area contributed by atoms with E-state index in [0.29, 0.717) is 36.8 Å². The maximum atomic E-state index is 12.9. The monoisotopic (exact) mass is 348 g/mol. The van der Waals surface area contributed by atoms with Crippen LogP contribution in [0.15, 0.2) is 18.2 Å². The summed E-state index contributed by atoms with van der Waals surface area (Å²) in [5, 5.41) is 11.0. The summed E-state index contributed by atoms with van der Waals surface area (Å²) in [5.41, 5.74) is -0.498. The van der Waals surface area contributed by atoms with Gasteiger partial charge >= 0.3 is 0 Å². The first-order chi connectivity index (χ1) is 12.1. The van der Waals surface area contributed by atoms with E-state index in [4.69, 9.17) is 14.2 Å². The van der Waals surface area contributed by atoms with Crippen LogP contribution in [0.25, 0.3) is 0 Å². The number of benzene rings is 1. The van der Waals surface area contributed by atoms with Crippen LogP contribution >= 0.6 is 0 Å². The first-order valence-corrected chi connectivity index (χ1v) is 8.84. The molecule has 4 rings (SSSR count). The van der Waals surface area contributed by atoms with E-state index in [9.17, 15) is 9.90 Å². The Hall–Kier alpha value is -1.83. The number of ether oxygens (including phenoxy) is 3. The van der Waals surface area contributed by atoms with Crippen molar-refractivity contribution in [2.75, 3.05) is 52.7 Å². The van der Waals surface area contributed by atoms with Crippen LogP contribution in [-0.4, -0.2) is 79.1 Å². The van der Waals surface area contributed by atoms with Crippen molar-refractivity contribution >= 4 is 5.91 Å². The molecule has 0 saturated carbocycles. The van der Waals surface area contributed by atoms with Crippen LogP contribution < -0.4 is 9.47 Å². The van der Waals surface area contributed by atoms with Crippen LogP contribution in [0.5, 0.6) is 11.5 Å². The fourth-order valence-corrected chi connectivity index (χ4v) is 3.75. The van der Waals surface area contributed by atoms with E-state index >= 15 is 0 Å². The van der Waals surface area contributed by atoms with Gasteiger partial charge < -0.3 is 29.1 Å². The number of fused-ring (bicyclic) bond motifs is 1. The van der Waals surface area contributed by atoms with Crippen molar-refractivity contribution < 1.29 is 24.1 Å². The van der Waals surface area contributed by atoms with Crippen LogP contribution in [0.3, 0.4) is 0 Å². The SMILES string of the molecule is O=C(c1ccc2c(c1)OCO2)N1CCOC[C@](O)(CN2CCCC2)C1. The van der Waals surface area contributed by atoms with Crippen LogP contribution in [0, 0.1) is 0 Å². The highest BCUT2D eigenvalue weighted by Crippen LogP contribution is 2.33. The van der Waals surface area contributed by atoms with Crippen molar-refractivity contribution in [1.82, 2.24) is 9.80 Å². The van der Waals surface area contributed by atoms with Crippen molar-refractivity contribution in [3.63, 3.8) is 0 Å². The third-order valence-corrected chi connectivity index (χ3v) is 4.98. The highest BCUT2D eigenvalue weighted by atomic mass is 16.7. The van der Waals surface area contributed by atoms with Gasteiger partial charge in [-0.05, 0) is 44.1 Å². The van der Waals surface area contributed by atoms with Gasteiger partial charge in [-0.3, -0.25) is 4.79 Å². The molecule has 0 spiro atoms. The Morgan fingerprint density at radius 1 is 1.16 bits per heavy atom. The van der Waals surface area contributed by atoms with Gasteiger partial charge in [-0.15, -0.1) is 0 Å². The average Bonchev–Trinajstić information content (AvgIpc) is 3.23. The fourth-order valence-electron chi connectivity index (χ4n) is 3.75. The minimum Gasteiger partial charge on any atom is -0.454 e. The van der Waals surface area contributed by atoms with E-state index in [1.54, 1.807) is 23.1 Å². The molecule has 3 aliphatic heterocycles. The Kier molecular flexibility index (Phi) is 4.54. The molecule has 2 fully saturated rings. The predicted octanol–water partition coefficient (Wildman–Crippen LogP) is 0.715. The zero-order valence-corrected chi connectivity index (χ0v) is 14.3. The third-order valence-electron chi connectivity index (χ3n) is 4.98. The minimum absolute atomic E-state index is 0.122. The first-order valence-electron chi connectivity index (χ1n) is 8.84. The molecular formula is C18H24N2O5. The van der Waals surface area contributed by atoms with E-state index in [2.05, 4.69) is 4.90 Å². The topological polar surface area (TPSA) is 71.5 Å². The summed E-state index contributed by atoms with van der Waals surface area (Å²) in [4.78, 5) is 16.9. The second-order valence-electron chi connectivity index (χ2n) is 7.05. The zero-order chi connectivity index (χ0) is 17.3. The van der Waals surface area contributed by atoms with Crippen LogP contribution in [-0.2, 0) is 4.74 Å². The highest BCUT2D eigenvalue weighted by molar-refractivity contribution is 5.95. The van der Waals surface area contributed by atoms with Crippen molar-refractivity contribution in [2.24, 2.45) is 0 Å². The Morgan fingerprint density at radius 2 is 1.96 bits per heavy atom. The van der Waals surface area contributed by atoms with Crippen molar-refractivity contribution in [3.05, 3.63) is 23.8 Å². The lowest BCUT2D eigenvalue weighted by Gasteiger charge is -2.34. The fraction of sp³-hybridized carbons (Fsp3) is 0.611. The third kappa shape index (κ3) is 3.58. The molecule has 1 atom stereocenters. The van der Waals surface area contributed by atoms with E-state index in [-0.39, 0.29) is 25.9 Å². The van der Waals surface area contributed by atoms with Crippen LogP contribution in [0.4, 0.5) is 0 Å². The molecule has 136 valence electrons. The van der Waals surface area contributed by atoms with Crippen molar-refractivity contribution in [1.29, 1.82) is 0 Å². The molecule has 0 radical (unpaired) electrons. The number of amides is 1. The van der Waals surface area contributed by atoms with Gasteiger partial charge in [0, 0.05) is 18.7 Å². The number of nitrogens with zero attached hydrogens (tertiary/aromatic N) is 2. The maximum Gasteiger partial charge on any atom is 0.254 e. The highest BCUT2D eigenvalue weighted by Gasteiger charge is 2.37. The predicted molar refractivity (Wildman–Crippen MR) is 89.9 cm³/mol. The van der Waals surface area contributed by atoms with Gasteiger partial charge in [-0.1, -0.05) is 0 Å². The number of rotatable bonds is 3. The number of hydrogen-bond donors (Lipinski definition) is 1. The molecule has 1 aromatic rings. The van der Waals surface area contributed by atoms with E-state index in [1.165, 1.54) is 0 Å². The number of β-amino-alcohol motifs (C(OH)–C–C–N with tert-alkyl or cyclic N) is 1. The molecule has 1 amide bonds. The Balaban J connectivity index is 1.49. The largest absolute Gasteiger partial charge is 0.454 e. The van der Waals surface area contributed by atoms with Crippen LogP contribution in [0.2, 0.25) is 0 Å². The lowest BCUT2D eigenvalue weighted by molar-refractivity contribution is -0.0524. The Labute approximate surface area is 147 Å². The van der Waals surface area contributed by atoms with Crippen LogP contribution in [0.1, 0.15) is 23.2 Å². The van der Waals surface area contributed by atoms with Gasteiger partial charge in [0.05, 0.1) is 19.8 Å². The van der Waals surface area contributed by atoms with Gasteiger partial charge in [0.25, 0.3) is 5.91 Å². The molecule has 0 bridgehead atoms. The maximum absolute atomic E-state index is 12.9. The normalized spacial score (nSPS) is 26.7. The first kappa shape index (κ1) is 16.6. The zero-order valence-electron chi connectivity index (χ0n) is 14.3. The molecule has 0 aromatic heterocycles. The summed E-state index contributed by atoms with van der Waals surface area (Å²) in [7, 11) is 0. The van der Waals surface area contributed by atoms with Gasteiger partial charge in [0.15, 0.2) is 11.5 Å². The number of carbonyl (C=O) groups excluding carboxylic acids is 1. The van der Waals surface area contributed by atoms with E-state index in [1.807, 2.05) is 0 Å². The number of likely N-dealkylation sites (tertiary alicyclic amines) is 1. The molecule has 7 nitrogen and oxygen atoms in total. The average molecular weight is 348 g/mol. The molecule has 1 N–H and O–H groups in total. The Bertz CT molecular complexity index is 646. The summed E-state index contributed by atoms with van der Waals surface area (Å²) in [6.45, 7) is 4.15. The van der Waals surface area contributed by atoms with E-state index in [0.717, 1.165) is 25.9 Å². The molecular weight excluding hydrogens is 324 g/mol. The molecule has 0 unspecified atom stereocenters. The minimum atomic E-state index is -1.03. The molecule has 2 saturated heterocycles. The van der Waals surface area contributed by atoms with Gasteiger partial charge in [0.1, 0.15) is 5.60 Å². The summed E-state index contributed by atoms with van der Waals surface area (Å²) in [6.07, 6.45) is 2.33. The quantitative estimate of drug-likeness (QED) is 0.868. The van der Waals surface area contributed by atoms with Gasteiger partial charge in [-0.2, -0.15) is 0 Å². The molecule has 3 aliphatic rings. The molecule has 7 heteroatoms. The second kappa shape index (κ2) is 6.82. The smallest absolute Gasteiger partial charge is 0.254 e. The number of carbonyl (C=O) groups is 1. The van der Waals surface area contributed by atoms with E-state index < -0.39 is 5.60 Å².